The summed E-state index contributed by atoms with van der Waals surface area (Å²) < 4.78 is 10.5. The minimum Gasteiger partial charge on any atom is -0.399 e. The molecular weight excluding hydrogens is 288 g/mol. The van der Waals surface area contributed by atoms with E-state index in [2.05, 4.69) is 42.2 Å². The molecule has 0 atom stereocenters. The monoisotopic (exact) mass is 314 g/mol. The van der Waals surface area contributed by atoms with Crippen LogP contribution in [0.3, 0.4) is 0 Å². The molecule has 0 amide bonds. The van der Waals surface area contributed by atoms with Crippen LogP contribution in [-0.2, 0) is 9.47 Å². The fourth-order valence-corrected chi connectivity index (χ4v) is 2.63. The molecule has 2 rings (SSSR count). The topological polar surface area (TPSA) is 47.7 Å². The van der Waals surface area contributed by atoms with Crippen molar-refractivity contribution >= 4 is 11.4 Å². The SMILES string of the molecule is COCCN(CCOC)c1ccc(N)cc1-c1cccc(C)c1. The minimum atomic E-state index is 0.668. The van der Waals surface area contributed by atoms with E-state index >= 15 is 0 Å². The molecule has 2 aromatic rings. The van der Waals surface area contributed by atoms with Crippen LogP contribution >= 0.6 is 0 Å². The number of aryl methyl sites for hydroxylation is 1. The summed E-state index contributed by atoms with van der Waals surface area (Å²) in [7, 11) is 3.44. The molecule has 0 aliphatic rings. The molecular formula is C19H26N2O2. The molecule has 0 fully saturated rings. The molecule has 0 bridgehead atoms. The first-order chi connectivity index (χ1) is 11.2. The Balaban J connectivity index is 2.42. The van der Waals surface area contributed by atoms with Crippen LogP contribution in [0.5, 0.6) is 0 Å². The number of nitrogens with two attached hydrogens (primary N) is 1. The highest BCUT2D eigenvalue weighted by Gasteiger charge is 2.13. The van der Waals surface area contributed by atoms with E-state index < -0.39 is 0 Å². The molecule has 0 aromatic heterocycles. The Morgan fingerprint density at radius 3 is 2.26 bits per heavy atom. The van der Waals surface area contributed by atoms with E-state index in [0.717, 1.165) is 30.0 Å². The number of rotatable bonds is 8. The van der Waals surface area contributed by atoms with Gasteiger partial charge in [-0.15, -0.1) is 0 Å². The second-order valence-electron chi connectivity index (χ2n) is 5.62. The Kier molecular flexibility index (Phi) is 6.44. The molecule has 0 saturated carbocycles. The van der Waals surface area contributed by atoms with Gasteiger partial charge in [0.25, 0.3) is 0 Å². The quantitative estimate of drug-likeness (QED) is 0.759. The number of methoxy groups -OCH3 is 2. The van der Waals surface area contributed by atoms with Gasteiger partial charge in [0, 0.05) is 44.2 Å². The van der Waals surface area contributed by atoms with Crippen molar-refractivity contribution in [2.45, 2.75) is 6.92 Å². The van der Waals surface area contributed by atoms with E-state index in [0.29, 0.717) is 13.2 Å². The van der Waals surface area contributed by atoms with Crippen LogP contribution in [0.25, 0.3) is 11.1 Å². The standard InChI is InChI=1S/C19H26N2O2/c1-15-5-4-6-16(13-15)18-14-17(20)7-8-19(18)21(9-11-22-2)10-12-23-3/h4-8,13-14H,9-12,20H2,1-3H3. The fraction of sp³-hybridized carbons (Fsp3) is 0.368. The molecule has 0 radical (unpaired) electrons. The van der Waals surface area contributed by atoms with Gasteiger partial charge < -0.3 is 20.1 Å². The van der Waals surface area contributed by atoms with Crippen LogP contribution < -0.4 is 10.6 Å². The lowest BCUT2D eigenvalue weighted by Crippen LogP contribution is -2.31. The van der Waals surface area contributed by atoms with E-state index in [9.17, 15) is 0 Å². The molecule has 4 heteroatoms. The Bertz CT molecular complexity index is 621. The van der Waals surface area contributed by atoms with Crippen LogP contribution in [0.15, 0.2) is 42.5 Å². The molecule has 2 N–H and O–H groups in total. The number of anilines is 2. The second-order valence-corrected chi connectivity index (χ2v) is 5.62. The fourth-order valence-electron chi connectivity index (χ4n) is 2.63. The largest absolute Gasteiger partial charge is 0.399 e. The van der Waals surface area contributed by atoms with Gasteiger partial charge in [-0.1, -0.05) is 29.8 Å². The number of hydrogen-bond donors (Lipinski definition) is 1. The molecule has 0 unspecified atom stereocenters. The molecule has 4 nitrogen and oxygen atoms in total. The van der Waals surface area contributed by atoms with Crippen LogP contribution in [-0.4, -0.2) is 40.5 Å². The summed E-state index contributed by atoms with van der Waals surface area (Å²) in [6.07, 6.45) is 0. The highest BCUT2D eigenvalue weighted by atomic mass is 16.5. The van der Waals surface area contributed by atoms with E-state index in [1.807, 2.05) is 12.1 Å². The van der Waals surface area contributed by atoms with Gasteiger partial charge in [-0.3, -0.25) is 0 Å². The maximum Gasteiger partial charge on any atom is 0.0637 e. The van der Waals surface area contributed by atoms with Crippen molar-refractivity contribution in [3.8, 4) is 11.1 Å². The zero-order valence-electron chi connectivity index (χ0n) is 14.2. The predicted octanol–water partition coefficient (Wildman–Crippen LogP) is 3.34. The van der Waals surface area contributed by atoms with Gasteiger partial charge in [-0.2, -0.15) is 0 Å². The maximum absolute atomic E-state index is 6.04. The van der Waals surface area contributed by atoms with Gasteiger partial charge in [0.05, 0.1) is 13.2 Å². The van der Waals surface area contributed by atoms with Crippen molar-refractivity contribution in [1.29, 1.82) is 0 Å². The van der Waals surface area contributed by atoms with Gasteiger partial charge in [0.15, 0.2) is 0 Å². The Morgan fingerprint density at radius 1 is 0.957 bits per heavy atom. The van der Waals surface area contributed by atoms with Crippen molar-refractivity contribution in [1.82, 2.24) is 0 Å². The molecule has 23 heavy (non-hydrogen) atoms. The maximum atomic E-state index is 6.04. The molecule has 0 aliphatic carbocycles. The van der Waals surface area contributed by atoms with Gasteiger partial charge in [-0.25, -0.2) is 0 Å². The lowest BCUT2D eigenvalue weighted by Gasteiger charge is -2.27. The normalized spacial score (nSPS) is 10.7. The minimum absolute atomic E-state index is 0.668. The lowest BCUT2D eigenvalue weighted by molar-refractivity contribution is 0.190. The first-order valence-electron chi connectivity index (χ1n) is 7.85. The summed E-state index contributed by atoms with van der Waals surface area (Å²) >= 11 is 0. The van der Waals surface area contributed by atoms with Crippen LogP contribution in [0.1, 0.15) is 5.56 Å². The summed E-state index contributed by atoms with van der Waals surface area (Å²) in [6.45, 7) is 5.05. The number of benzene rings is 2. The second kappa shape index (κ2) is 8.56. The third-order valence-electron chi connectivity index (χ3n) is 3.82. The number of ether oxygens (including phenoxy) is 2. The number of nitrogen functional groups attached to an aromatic ring is 1. The Morgan fingerprint density at radius 2 is 1.65 bits per heavy atom. The summed E-state index contributed by atoms with van der Waals surface area (Å²) in [5.74, 6) is 0. The van der Waals surface area contributed by atoms with Gasteiger partial charge in [0.1, 0.15) is 0 Å². The van der Waals surface area contributed by atoms with Crippen LogP contribution in [0.4, 0.5) is 11.4 Å². The van der Waals surface area contributed by atoms with E-state index in [1.165, 1.54) is 11.1 Å². The molecule has 0 saturated heterocycles. The average molecular weight is 314 g/mol. The lowest BCUT2D eigenvalue weighted by atomic mass is 10.00. The van der Waals surface area contributed by atoms with Crippen molar-refractivity contribution < 1.29 is 9.47 Å². The van der Waals surface area contributed by atoms with Crippen molar-refractivity contribution in [3.05, 3.63) is 48.0 Å². The summed E-state index contributed by atoms with van der Waals surface area (Å²) in [5, 5.41) is 0. The molecule has 0 spiro atoms. The Hall–Kier alpha value is -2.04. The smallest absolute Gasteiger partial charge is 0.0637 e. The third kappa shape index (κ3) is 4.71. The molecule has 124 valence electrons. The highest BCUT2D eigenvalue weighted by molar-refractivity contribution is 5.81. The van der Waals surface area contributed by atoms with Gasteiger partial charge in [0.2, 0.25) is 0 Å². The van der Waals surface area contributed by atoms with Crippen molar-refractivity contribution in [2.75, 3.05) is 51.2 Å². The van der Waals surface area contributed by atoms with E-state index in [1.54, 1.807) is 14.2 Å². The zero-order valence-corrected chi connectivity index (χ0v) is 14.2. The molecule has 0 aliphatic heterocycles. The average Bonchev–Trinajstić information content (AvgIpc) is 2.55. The highest BCUT2D eigenvalue weighted by Crippen LogP contribution is 2.33. The zero-order chi connectivity index (χ0) is 16.7. The summed E-state index contributed by atoms with van der Waals surface area (Å²) in [5.41, 5.74) is 11.5. The van der Waals surface area contributed by atoms with Gasteiger partial charge >= 0.3 is 0 Å². The van der Waals surface area contributed by atoms with Crippen molar-refractivity contribution in [2.24, 2.45) is 0 Å². The van der Waals surface area contributed by atoms with Crippen LogP contribution in [0, 0.1) is 6.92 Å². The van der Waals surface area contributed by atoms with Crippen LogP contribution in [0.2, 0.25) is 0 Å². The molecule has 0 heterocycles. The summed E-state index contributed by atoms with van der Waals surface area (Å²) in [6, 6.07) is 14.5. The summed E-state index contributed by atoms with van der Waals surface area (Å²) in [4.78, 5) is 2.28. The predicted molar refractivity (Wildman–Crippen MR) is 97.0 cm³/mol. The Labute approximate surface area is 138 Å². The first kappa shape index (κ1) is 17.3. The van der Waals surface area contributed by atoms with Gasteiger partial charge in [-0.05, 0) is 30.7 Å². The number of nitrogens with zero attached hydrogens (tertiary/aromatic N) is 1. The first-order valence-corrected chi connectivity index (χ1v) is 7.85. The molecule has 2 aromatic carbocycles. The third-order valence-corrected chi connectivity index (χ3v) is 3.82. The van der Waals surface area contributed by atoms with E-state index in [4.69, 9.17) is 15.2 Å². The van der Waals surface area contributed by atoms with E-state index in [-0.39, 0.29) is 0 Å². The van der Waals surface area contributed by atoms with Crippen molar-refractivity contribution in [3.63, 3.8) is 0 Å². The number of hydrogen-bond acceptors (Lipinski definition) is 4.